The zero-order valence-electron chi connectivity index (χ0n) is 13.1. The van der Waals surface area contributed by atoms with Crippen LogP contribution in [0, 0.1) is 5.82 Å². The van der Waals surface area contributed by atoms with E-state index in [0.717, 1.165) is 30.7 Å². The summed E-state index contributed by atoms with van der Waals surface area (Å²) in [6, 6.07) is 8.88. The fourth-order valence-corrected chi connectivity index (χ4v) is 4.85. The Bertz CT molecular complexity index is 668. The predicted molar refractivity (Wildman–Crippen MR) is 95.3 cm³/mol. The Hall–Kier alpha value is -1.33. The highest BCUT2D eigenvalue weighted by Crippen LogP contribution is 2.35. The lowest BCUT2D eigenvalue weighted by atomic mass is 9.98. The van der Waals surface area contributed by atoms with Crippen molar-refractivity contribution in [2.45, 2.75) is 31.6 Å². The van der Waals surface area contributed by atoms with E-state index in [0.29, 0.717) is 5.75 Å². The molecule has 1 aromatic heterocycles. The van der Waals surface area contributed by atoms with Crippen molar-refractivity contribution in [1.29, 1.82) is 0 Å². The number of rotatable bonds is 5. The van der Waals surface area contributed by atoms with Crippen LogP contribution in [0.15, 0.2) is 35.7 Å². The van der Waals surface area contributed by atoms with Gasteiger partial charge in [-0.3, -0.25) is 4.79 Å². The standard InChI is InChI=1S/C18H20FNOS2/c1-2-16-15-8-10-23-17(15)7-9-20(16)18(21)12-22-11-13-3-5-14(19)6-4-13/h3-6,8,10,16H,2,7,9,11-12H2,1H3. The highest BCUT2D eigenvalue weighted by Gasteiger charge is 2.29. The van der Waals surface area contributed by atoms with Crippen molar-refractivity contribution in [1.82, 2.24) is 4.90 Å². The van der Waals surface area contributed by atoms with Crippen LogP contribution < -0.4 is 0 Å². The Morgan fingerprint density at radius 2 is 2.13 bits per heavy atom. The Morgan fingerprint density at radius 3 is 2.87 bits per heavy atom. The fourth-order valence-electron chi connectivity index (χ4n) is 3.05. The van der Waals surface area contributed by atoms with E-state index in [9.17, 15) is 9.18 Å². The molecule has 2 heterocycles. The number of nitrogens with zero attached hydrogens (tertiary/aromatic N) is 1. The number of amides is 1. The van der Waals surface area contributed by atoms with Gasteiger partial charge in [0.1, 0.15) is 5.82 Å². The largest absolute Gasteiger partial charge is 0.335 e. The van der Waals surface area contributed by atoms with Gasteiger partial charge in [-0.1, -0.05) is 19.1 Å². The molecule has 1 unspecified atom stereocenters. The molecule has 2 nitrogen and oxygen atoms in total. The molecule has 3 rings (SSSR count). The molecule has 0 saturated carbocycles. The van der Waals surface area contributed by atoms with Gasteiger partial charge < -0.3 is 4.90 Å². The van der Waals surface area contributed by atoms with Crippen LogP contribution in [0.1, 0.15) is 35.4 Å². The Kier molecular flexibility index (Phi) is 5.38. The Morgan fingerprint density at radius 1 is 1.35 bits per heavy atom. The number of thiophene rings is 1. The molecule has 1 amide bonds. The third-order valence-electron chi connectivity index (χ3n) is 4.21. The van der Waals surface area contributed by atoms with Gasteiger partial charge in [0, 0.05) is 17.2 Å². The van der Waals surface area contributed by atoms with Gasteiger partial charge in [-0.15, -0.1) is 23.1 Å². The highest BCUT2D eigenvalue weighted by atomic mass is 32.2. The van der Waals surface area contributed by atoms with E-state index in [1.54, 1.807) is 35.2 Å². The minimum Gasteiger partial charge on any atom is -0.335 e. The summed E-state index contributed by atoms with van der Waals surface area (Å²) in [7, 11) is 0. The predicted octanol–water partition coefficient (Wildman–Crippen LogP) is 4.66. The number of carbonyl (C=O) groups excluding carboxylic acids is 1. The lowest BCUT2D eigenvalue weighted by Crippen LogP contribution is -2.40. The van der Waals surface area contributed by atoms with Crippen molar-refractivity contribution in [3.63, 3.8) is 0 Å². The average molecular weight is 349 g/mol. The van der Waals surface area contributed by atoms with E-state index in [4.69, 9.17) is 0 Å². The maximum Gasteiger partial charge on any atom is 0.233 e. The Labute approximate surface area is 144 Å². The minimum atomic E-state index is -0.222. The molecule has 0 N–H and O–H groups in total. The number of carbonyl (C=O) groups is 1. The van der Waals surface area contributed by atoms with Gasteiger partial charge in [0.15, 0.2) is 0 Å². The van der Waals surface area contributed by atoms with Crippen LogP contribution in [-0.2, 0) is 17.0 Å². The molecule has 5 heteroatoms. The van der Waals surface area contributed by atoms with Crippen molar-refractivity contribution in [3.05, 3.63) is 57.5 Å². The van der Waals surface area contributed by atoms with Crippen LogP contribution in [0.2, 0.25) is 0 Å². The Balaban J connectivity index is 1.57. The van der Waals surface area contributed by atoms with Gasteiger partial charge in [-0.2, -0.15) is 0 Å². The van der Waals surface area contributed by atoms with E-state index >= 15 is 0 Å². The van der Waals surface area contributed by atoms with Crippen LogP contribution in [0.3, 0.4) is 0 Å². The fraction of sp³-hybridized carbons (Fsp3) is 0.389. The van der Waals surface area contributed by atoms with Crippen LogP contribution in [0.5, 0.6) is 0 Å². The molecule has 0 aliphatic carbocycles. The molecule has 1 atom stereocenters. The molecule has 1 aliphatic rings. The first-order chi connectivity index (χ1) is 11.2. The van der Waals surface area contributed by atoms with E-state index in [2.05, 4.69) is 18.4 Å². The van der Waals surface area contributed by atoms with Gasteiger partial charge in [0.2, 0.25) is 5.91 Å². The van der Waals surface area contributed by atoms with E-state index in [1.807, 2.05) is 4.90 Å². The SMILES string of the molecule is CCC1c2ccsc2CCN1C(=O)CSCc1ccc(F)cc1. The summed E-state index contributed by atoms with van der Waals surface area (Å²) in [5.41, 5.74) is 2.38. The van der Waals surface area contributed by atoms with Crippen LogP contribution >= 0.6 is 23.1 Å². The summed E-state index contributed by atoms with van der Waals surface area (Å²) in [4.78, 5) is 16.1. The summed E-state index contributed by atoms with van der Waals surface area (Å²) >= 11 is 3.40. The van der Waals surface area contributed by atoms with Crippen LogP contribution in [0.4, 0.5) is 4.39 Å². The average Bonchev–Trinajstić information content (AvgIpc) is 3.04. The van der Waals surface area contributed by atoms with Gasteiger partial charge in [0.25, 0.3) is 0 Å². The molecule has 1 aliphatic heterocycles. The van der Waals surface area contributed by atoms with Crippen LogP contribution in [0.25, 0.3) is 0 Å². The molecule has 1 aromatic carbocycles. The lowest BCUT2D eigenvalue weighted by Gasteiger charge is -2.35. The first-order valence-corrected chi connectivity index (χ1v) is 9.90. The van der Waals surface area contributed by atoms with E-state index < -0.39 is 0 Å². The summed E-state index contributed by atoms with van der Waals surface area (Å²) in [6.07, 6.45) is 1.93. The topological polar surface area (TPSA) is 20.3 Å². The molecule has 2 aromatic rings. The molecule has 122 valence electrons. The third kappa shape index (κ3) is 3.78. The van der Waals surface area contributed by atoms with Gasteiger partial charge in [-0.25, -0.2) is 4.39 Å². The zero-order valence-corrected chi connectivity index (χ0v) is 14.8. The van der Waals surface area contributed by atoms with E-state index in [1.165, 1.54) is 22.6 Å². The summed E-state index contributed by atoms with van der Waals surface area (Å²) in [6.45, 7) is 2.96. The molecule has 0 bridgehead atoms. The molecule has 23 heavy (non-hydrogen) atoms. The van der Waals surface area contributed by atoms with Crippen molar-refractivity contribution >= 4 is 29.0 Å². The van der Waals surface area contributed by atoms with Gasteiger partial charge in [-0.05, 0) is 47.5 Å². The monoisotopic (exact) mass is 349 g/mol. The van der Waals surface area contributed by atoms with Crippen molar-refractivity contribution in [2.75, 3.05) is 12.3 Å². The number of hydrogen-bond donors (Lipinski definition) is 0. The van der Waals surface area contributed by atoms with Crippen LogP contribution in [-0.4, -0.2) is 23.1 Å². The zero-order chi connectivity index (χ0) is 16.2. The second-order valence-electron chi connectivity index (χ2n) is 5.68. The molecule has 0 fully saturated rings. The maximum absolute atomic E-state index is 12.9. The first kappa shape index (κ1) is 16.5. The molecular formula is C18H20FNOS2. The molecule has 0 radical (unpaired) electrons. The molecule has 0 spiro atoms. The van der Waals surface area contributed by atoms with Crippen molar-refractivity contribution in [3.8, 4) is 0 Å². The first-order valence-electron chi connectivity index (χ1n) is 7.87. The number of halogens is 1. The van der Waals surface area contributed by atoms with Crippen molar-refractivity contribution < 1.29 is 9.18 Å². The van der Waals surface area contributed by atoms with E-state index in [-0.39, 0.29) is 17.8 Å². The van der Waals surface area contributed by atoms with Gasteiger partial charge in [0.05, 0.1) is 11.8 Å². The van der Waals surface area contributed by atoms with Gasteiger partial charge >= 0.3 is 0 Å². The molecular weight excluding hydrogens is 329 g/mol. The summed E-state index contributed by atoms with van der Waals surface area (Å²) in [5.74, 6) is 1.20. The second-order valence-corrected chi connectivity index (χ2v) is 7.67. The maximum atomic E-state index is 12.9. The summed E-state index contributed by atoms with van der Waals surface area (Å²) in [5, 5.41) is 2.13. The highest BCUT2D eigenvalue weighted by molar-refractivity contribution is 7.99. The lowest BCUT2D eigenvalue weighted by molar-refractivity contribution is -0.131. The number of thioether (sulfide) groups is 1. The third-order valence-corrected chi connectivity index (χ3v) is 6.19. The van der Waals surface area contributed by atoms with Crippen molar-refractivity contribution in [2.24, 2.45) is 0 Å². The number of benzene rings is 1. The second kappa shape index (κ2) is 7.49. The number of hydrogen-bond acceptors (Lipinski definition) is 3. The number of fused-ring (bicyclic) bond motifs is 1. The molecule has 0 saturated heterocycles. The summed E-state index contributed by atoms with van der Waals surface area (Å²) < 4.78 is 12.9. The quantitative estimate of drug-likeness (QED) is 0.783. The smallest absolute Gasteiger partial charge is 0.233 e. The normalized spacial score (nSPS) is 17.1. The minimum absolute atomic E-state index is 0.209.